The van der Waals surface area contributed by atoms with Crippen LogP contribution in [0.1, 0.15) is 15.9 Å². The molecule has 0 unspecified atom stereocenters. The van der Waals surface area contributed by atoms with Crippen LogP contribution in [0.5, 0.6) is 5.75 Å². The van der Waals surface area contributed by atoms with E-state index in [1.54, 1.807) is 24.1 Å². The average Bonchev–Trinajstić information content (AvgIpc) is 3.53. The normalized spacial score (nSPS) is 14.7. The zero-order valence-electron chi connectivity index (χ0n) is 17.0. The van der Waals surface area contributed by atoms with Crippen molar-refractivity contribution in [2.45, 2.75) is 6.54 Å². The van der Waals surface area contributed by atoms with Crippen molar-refractivity contribution in [2.75, 3.05) is 38.7 Å². The Kier molecular flexibility index (Phi) is 5.41. The first-order chi connectivity index (χ1) is 15.2. The highest BCUT2D eigenvalue weighted by Crippen LogP contribution is 2.28. The molecule has 0 bridgehead atoms. The highest BCUT2D eigenvalue weighted by Gasteiger charge is 2.19. The number of morpholine rings is 1. The van der Waals surface area contributed by atoms with E-state index in [1.165, 1.54) is 16.9 Å². The minimum absolute atomic E-state index is 0.260. The number of ether oxygens (including phenoxy) is 2. The summed E-state index contributed by atoms with van der Waals surface area (Å²) < 4.78 is 10.7. The molecule has 160 valence electrons. The van der Waals surface area contributed by atoms with Crippen molar-refractivity contribution >= 4 is 34.0 Å². The molecular formula is C21H22N6O3S. The fourth-order valence-electron chi connectivity index (χ4n) is 3.64. The smallest absolute Gasteiger partial charge is 0.260 e. The number of aromatic nitrogens is 4. The average molecular weight is 439 g/mol. The number of amides is 1. The van der Waals surface area contributed by atoms with Crippen molar-refractivity contribution in [1.82, 2.24) is 25.1 Å². The number of aromatic amines is 2. The number of rotatable bonds is 6. The number of anilines is 1. The Morgan fingerprint density at radius 2 is 2.19 bits per heavy atom. The Morgan fingerprint density at radius 1 is 1.32 bits per heavy atom. The third-order valence-electron chi connectivity index (χ3n) is 5.26. The number of H-pyrrole nitrogens is 2. The second-order valence-electron chi connectivity index (χ2n) is 7.28. The summed E-state index contributed by atoms with van der Waals surface area (Å²) in [6.45, 7) is 4.30. The van der Waals surface area contributed by atoms with Crippen molar-refractivity contribution in [3.63, 3.8) is 0 Å². The lowest BCUT2D eigenvalue weighted by Gasteiger charge is -2.26. The number of imidazole rings is 1. The van der Waals surface area contributed by atoms with Crippen LogP contribution in [0.25, 0.3) is 22.6 Å². The Bertz CT molecular complexity index is 1210. The maximum Gasteiger partial charge on any atom is 0.260 e. The van der Waals surface area contributed by atoms with E-state index in [1.807, 2.05) is 6.07 Å². The van der Waals surface area contributed by atoms with Gasteiger partial charge in [0.25, 0.3) is 5.91 Å². The number of methoxy groups -OCH3 is 1. The van der Waals surface area contributed by atoms with Crippen molar-refractivity contribution < 1.29 is 14.3 Å². The first-order valence-corrected chi connectivity index (χ1v) is 10.9. The molecule has 0 saturated carbocycles. The van der Waals surface area contributed by atoms with Gasteiger partial charge >= 0.3 is 0 Å². The number of fused-ring (bicyclic) bond motifs is 1. The molecule has 1 aliphatic heterocycles. The Balaban J connectivity index is 1.37. The van der Waals surface area contributed by atoms with E-state index in [9.17, 15) is 4.79 Å². The topological polar surface area (TPSA) is 108 Å². The highest BCUT2D eigenvalue weighted by molar-refractivity contribution is 7.08. The summed E-state index contributed by atoms with van der Waals surface area (Å²) in [6, 6.07) is 6.23. The lowest BCUT2D eigenvalue weighted by atomic mass is 10.2. The number of hydrogen-bond acceptors (Lipinski definition) is 7. The molecule has 31 heavy (non-hydrogen) atoms. The molecule has 9 nitrogen and oxygen atoms in total. The molecular weight excluding hydrogens is 416 g/mol. The molecule has 0 aliphatic carbocycles. The molecule has 4 aromatic rings. The Morgan fingerprint density at radius 3 is 3.03 bits per heavy atom. The monoisotopic (exact) mass is 438 g/mol. The zero-order chi connectivity index (χ0) is 21.2. The van der Waals surface area contributed by atoms with Gasteiger partial charge in [-0.15, -0.1) is 11.3 Å². The number of nitrogens with zero attached hydrogens (tertiary/aromatic N) is 3. The summed E-state index contributed by atoms with van der Waals surface area (Å²) in [4.78, 5) is 23.1. The van der Waals surface area contributed by atoms with Gasteiger partial charge in [0.05, 0.1) is 42.6 Å². The predicted octanol–water partition coefficient (Wildman–Crippen LogP) is 3.11. The Labute approximate surface area is 182 Å². The zero-order valence-corrected chi connectivity index (χ0v) is 17.8. The van der Waals surface area contributed by atoms with Gasteiger partial charge in [0, 0.05) is 36.6 Å². The van der Waals surface area contributed by atoms with E-state index < -0.39 is 0 Å². The van der Waals surface area contributed by atoms with Crippen LogP contribution in [0.3, 0.4) is 0 Å². The summed E-state index contributed by atoms with van der Waals surface area (Å²) in [6.07, 6.45) is 1.64. The highest BCUT2D eigenvalue weighted by atomic mass is 32.1. The summed E-state index contributed by atoms with van der Waals surface area (Å²) in [7, 11) is 1.55. The fourth-order valence-corrected chi connectivity index (χ4v) is 4.42. The number of benzene rings is 1. The predicted molar refractivity (Wildman–Crippen MR) is 119 cm³/mol. The van der Waals surface area contributed by atoms with Gasteiger partial charge in [-0.2, -0.15) is 5.10 Å². The Hall–Kier alpha value is -3.21. The van der Waals surface area contributed by atoms with E-state index >= 15 is 0 Å². The van der Waals surface area contributed by atoms with Crippen LogP contribution in [0, 0.1) is 0 Å². The number of carbonyl (C=O) groups excluding carboxylic acids is 1. The van der Waals surface area contributed by atoms with E-state index in [0.717, 1.165) is 43.9 Å². The van der Waals surface area contributed by atoms with E-state index in [0.29, 0.717) is 28.5 Å². The number of carbonyl (C=O) groups is 1. The summed E-state index contributed by atoms with van der Waals surface area (Å²) in [5.74, 6) is 0.876. The van der Waals surface area contributed by atoms with Gasteiger partial charge in [-0.1, -0.05) is 6.07 Å². The maximum atomic E-state index is 12.7. The van der Waals surface area contributed by atoms with Crippen molar-refractivity contribution in [3.05, 3.63) is 46.3 Å². The molecule has 10 heteroatoms. The van der Waals surface area contributed by atoms with Crippen LogP contribution in [-0.4, -0.2) is 64.4 Å². The minimum atomic E-state index is -0.260. The number of nitrogens with one attached hydrogen (secondary N) is 3. The van der Waals surface area contributed by atoms with Crippen LogP contribution in [0.15, 0.2) is 35.2 Å². The fraction of sp³-hybridized carbons (Fsp3) is 0.286. The maximum absolute atomic E-state index is 12.7. The van der Waals surface area contributed by atoms with Gasteiger partial charge < -0.3 is 19.8 Å². The molecule has 3 N–H and O–H groups in total. The van der Waals surface area contributed by atoms with Gasteiger partial charge in [-0.25, -0.2) is 4.98 Å². The second kappa shape index (κ2) is 8.50. The van der Waals surface area contributed by atoms with Crippen LogP contribution in [0.2, 0.25) is 0 Å². The lowest BCUT2D eigenvalue weighted by molar-refractivity contribution is 0.0342. The summed E-state index contributed by atoms with van der Waals surface area (Å²) >= 11 is 1.41. The first kappa shape index (κ1) is 19.7. The summed E-state index contributed by atoms with van der Waals surface area (Å²) in [5, 5.41) is 13.5. The largest absolute Gasteiger partial charge is 0.495 e. The van der Waals surface area contributed by atoms with Crippen LogP contribution in [0.4, 0.5) is 5.69 Å². The molecule has 0 radical (unpaired) electrons. The van der Waals surface area contributed by atoms with Crippen LogP contribution >= 0.6 is 11.3 Å². The molecule has 0 spiro atoms. The third kappa shape index (κ3) is 4.05. The van der Waals surface area contributed by atoms with Crippen molar-refractivity contribution in [2.24, 2.45) is 0 Å². The van der Waals surface area contributed by atoms with Crippen LogP contribution in [-0.2, 0) is 11.3 Å². The molecule has 3 aromatic heterocycles. The molecule has 1 aliphatic rings. The molecule has 1 amide bonds. The van der Waals surface area contributed by atoms with E-state index in [2.05, 4.69) is 37.5 Å². The van der Waals surface area contributed by atoms with E-state index in [-0.39, 0.29) is 5.91 Å². The molecule has 4 heterocycles. The second-order valence-corrected chi connectivity index (χ2v) is 8.02. The molecule has 1 fully saturated rings. The standard InChI is InChI=1S/C21H22N6O3S/c1-29-18-12-31-11-14(18)21(28)25-17-9-22-26-19(17)20-23-15-3-2-13(8-16(15)24-20)10-27-4-6-30-7-5-27/h2-3,8-9,11-12H,4-7,10H2,1H3,(H,22,26)(H,23,24)(H,25,28). The van der Waals surface area contributed by atoms with Gasteiger partial charge in [-0.05, 0) is 17.7 Å². The van der Waals surface area contributed by atoms with Gasteiger partial charge in [0.15, 0.2) is 11.5 Å². The number of hydrogen-bond donors (Lipinski definition) is 3. The first-order valence-electron chi connectivity index (χ1n) is 9.95. The molecule has 1 saturated heterocycles. The molecule has 1 aromatic carbocycles. The van der Waals surface area contributed by atoms with Gasteiger partial charge in [-0.3, -0.25) is 14.8 Å². The van der Waals surface area contributed by atoms with E-state index in [4.69, 9.17) is 14.5 Å². The van der Waals surface area contributed by atoms with Gasteiger partial charge in [0.1, 0.15) is 5.75 Å². The van der Waals surface area contributed by atoms with Crippen LogP contribution < -0.4 is 10.1 Å². The molecule has 0 atom stereocenters. The molecule has 5 rings (SSSR count). The van der Waals surface area contributed by atoms with Crippen molar-refractivity contribution in [3.8, 4) is 17.3 Å². The third-order valence-corrected chi connectivity index (χ3v) is 5.98. The van der Waals surface area contributed by atoms with Crippen molar-refractivity contribution in [1.29, 1.82) is 0 Å². The summed E-state index contributed by atoms with van der Waals surface area (Å²) in [5.41, 5.74) is 4.56. The number of thiophene rings is 1. The lowest BCUT2D eigenvalue weighted by Crippen LogP contribution is -2.35. The van der Waals surface area contributed by atoms with Gasteiger partial charge in [0.2, 0.25) is 0 Å². The SMILES string of the molecule is COc1cscc1C(=O)Nc1c[nH]nc1-c1nc2cc(CN3CCOCC3)ccc2[nH]1. The quantitative estimate of drug-likeness (QED) is 0.427. The minimum Gasteiger partial charge on any atom is -0.495 e.